The molecule has 0 saturated heterocycles. The van der Waals surface area contributed by atoms with Crippen LogP contribution in [0.1, 0.15) is 43.0 Å². The summed E-state index contributed by atoms with van der Waals surface area (Å²) in [6, 6.07) is 17.5. The maximum absolute atomic E-state index is 13.4. The highest BCUT2D eigenvalue weighted by atomic mass is 35.5. The van der Waals surface area contributed by atoms with E-state index in [4.69, 9.17) is 16.3 Å². The lowest BCUT2D eigenvalue weighted by Crippen LogP contribution is -2.41. The second kappa shape index (κ2) is 8.78. The maximum atomic E-state index is 13.4. The van der Waals surface area contributed by atoms with Gasteiger partial charge in [0.05, 0.1) is 27.7 Å². The lowest BCUT2D eigenvalue weighted by atomic mass is 9.89. The monoisotopic (exact) mass is 528 g/mol. The molecule has 35 heavy (non-hydrogen) atoms. The average Bonchev–Trinajstić information content (AvgIpc) is 3.09. The number of nitrogens with zero attached hydrogens (tertiary/aromatic N) is 1. The highest BCUT2D eigenvalue weighted by molar-refractivity contribution is 7.89. The predicted molar refractivity (Wildman–Crippen MR) is 140 cm³/mol. The first-order valence-electron chi connectivity index (χ1n) is 11.2. The molecular weight excluding hydrogens is 504 g/mol. The maximum Gasteiger partial charge on any atom is 0.308 e. The smallest absolute Gasteiger partial charge is 0.308 e. The molecular formula is C26H25ClN2O4S2. The van der Waals surface area contributed by atoms with Crippen LogP contribution in [-0.4, -0.2) is 18.6 Å². The van der Waals surface area contributed by atoms with E-state index in [0.29, 0.717) is 34.0 Å². The Labute approximate surface area is 213 Å². The van der Waals surface area contributed by atoms with Crippen LogP contribution in [0.3, 0.4) is 0 Å². The van der Waals surface area contributed by atoms with E-state index < -0.39 is 21.7 Å². The molecule has 6 nitrogen and oxygen atoms in total. The molecule has 1 aliphatic rings. The molecule has 1 aromatic heterocycles. The third kappa shape index (κ3) is 4.89. The van der Waals surface area contributed by atoms with Gasteiger partial charge in [-0.1, -0.05) is 52.8 Å². The largest absolute Gasteiger partial charge is 0.487 e. The molecule has 3 aromatic carbocycles. The number of benzene rings is 3. The van der Waals surface area contributed by atoms with E-state index in [2.05, 4.69) is 4.72 Å². The van der Waals surface area contributed by atoms with E-state index in [0.717, 1.165) is 28.0 Å². The molecule has 1 atom stereocenters. The molecule has 0 spiro atoms. The van der Waals surface area contributed by atoms with Gasteiger partial charge in [-0.3, -0.25) is 9.36 Å². The zero-order chi connectivity index (χ0) is 25.0. The third-order valence-corrected chi connectivity index (χ3v) is 8.79. The molecule has 0 aliphatic carbocycles. The number of ether oxygens (including phenoxy) is 1. The Bertz CT molecular complexity index is 1590. The molecule has 9 heteroatoms. The summed E-state index contributed by atoms with van der Waals surface area (Å²) < 4.78 is 38.1. The minimum absolute atomic E-state index is 0.128. The average molecular weight is 529 g/mol. The standard InChI is InChI=1S/C26H25ClN2O4S2/c1-16-4-11-23-20(12-16)21(14-26(2,3)33-23)28-35(31,32)19-9-10-22-24(13-19)34-25(30)29(22)15-17-5-7-18(27)8-6-17/h4-13,21,28H,14-15H2,1-3H3. The fourth-order valence-corrected chi connectivity index (χ4v) is 6.84. The zero-order valence-electron chi connectivity index (χ0n) is 19.5. The first kappa shape index (κ1) is 24.1. The molecule has 0 amide bonds. The van der Waals surface area contributed by atoms with Crippen LogP contribution in [0.25, 0.3) is 10.2 Å². The number of nitrogens with one attached hydrogen (secondary N) is 1. The zero-order valence-corrected chi connectivity index (χ0v) is 21.9. The van der Waals surface area contributed by atoms with Gasteiger partial charge in [0.15, 0.2) is 0 Å². The number of rotatable bonds is 5. The summed E-state index contributed by atoms with van der Waals surface area (Å²) in [6.07, 6.45) is 0.496. The number of aromatic nitrogens is 1. The summed E-state index contributed by atoms with van der Waals surface area (Å²) in [4.78, 5) is 12.7. The van der Waals surface area contributed by atoms with Crippen LogP contribution in [0.15, 0.2) is 70.4 Å². The fourth-order valence-electron chi connectivity index (χ4n) is 4.47. The summed E-state index contributed by atoms with van der Waals surface area (Å²) in [5.41, 5.74) is 2.97. The molecule has 0 saturated carbocycles. The molecule has 1 unspecified atom stereocenters. The summed E-state index contributed by atoms with van der Waals surface area (Å²) in [7, 11) is -3.85. The lowest BCUT2D eigenvalue weighted by Gasteiger charge is -2.38. The SMILES string of the molecule is Cc1ccc2c(c1)C(NS(=O)(=O)c1ccc3c(c1)sc(=O)n3Cc1ccc(Cl)cc1)CC(C)(C)O2. The number of sulfonamides is 1. The van der Waals surface area contributed by atoms with E-state index in [9.17, 15) is 13.2 Å². The second-order valence-corrected chi connectivity index (χ2v) is 12.6. The van der Waals surface area contributed by atoms with E-state index in [-0.39, 0.29) is 9.77 Å². The van der Waals surface area contributed by atoms with Crippen molar-refractivity contribution in [1.29, 1.82) is 0 Å². The van der Waals surface area contributed by atoms with Gasteiger partial charge in [-0.25, -0.2) is 13.1 Å². The molecule has 0 radical (unpaired) electrons. The van der Waals surface area contributed by atoms with Crippen molar-refractivity contribution in [2.24, 2.45) is 0 Å². The van der Waals surface area contributed by atoms with Crippen molar-refractivity contribution in [2.75, 3.05) is 0 Å². The van der Waals surface area contributed by atoms with Crippen LogP contribution in [-0.2, 0) is 16.6 Å². The Balaban J connectivity index is 1.47. The first-order chi connectivity index (χ1) is 16.5. The van der Waals surface area contributed by atoms with Crippen LogP contribution < -0.4 is 14.3 Å². The Hall–Kier alpha value is -2.65. The van der Waals surface area contributed by atoms with Gasteiger partial charge in [0.1, 0.15) is 11.4 Å². The van der Waals surface area contributed by atoms with Crippen molar-refractivity contribution < 1.29 is 13.2 Å². The van der Waals surface area contributed by atoms with Gasteiger partial charge in [0.25, 0.3) is 0 Å². The van der Waals surface area contributed by atoms with Crippen molar-refractivity contribution >= 4 is 43.2 Å². The minimum Gasteiger partial charge on any atom is -0.487 e. The highest BCUT2D eigenvalue weighted by Crippen LogP contribution is 2.40. The van der Waals surface area contributed by atoms with Crippen molar-refractivity contribution in [3.8, 4) is 5.75 Å². The number of halogens is 1. The highest BCUT2D eigenvalue weighted by Gasteiger charge is 2.36. The second-order valence-electron chi connectivity index (χ2n) is 9.49. The van der Waals surface area contributed by atoms with Crippen molar-refractivity contribution in [1.82, 2.24) is 9.29 Å². The first-order valence-corrected chi connectivity index (χ1v) is 13.9. The number of fused-ring (bicyclic) bond motifs is 2. The van der Waals surface area contributed by atoms with Crippen molar-refractivity contribution in [3.63, 3.8) is 0 Å². The van der Waals surface area contributed by atoms with E-state index >= 15 is 0 Å². The quantitative estimate of drug-likeness (QED) is 0.363. The predicted octanol–water partition coefficient (Wildman–Crippen LogP) is 5.65. The number of aryl methyl sites for hydroxylation is 1. The van der Waals surface area contributed by atoms with Gasteiger partial charge >= 0.3 is 4.87 Å². The van der Waals surface area contributed by atoms with Gasteiger partial charge in [0.2, 0.25) is 10.0 Å². The summed E-state index contributed by atoms with van der Waals surface area (Å²) >= 11 is 7.00. The molecule has 182 valence electrons. The third-order valence-electron chi connectivity index (χ3n) is 6.12. The normalized spacial score (nSPS) is 17.2. The van der Waals surface area contributed by atoms with E-state index in [1.54, 1.807) is 34.9 Å². The van der Waals surface area contributed by atoms with Gasteiger partial charge in [-0.15, -0.1) is 0 Å². The Morgan fingerprint density at radius 3 is 2.60 bits per heavy atom. The van der Waals surface area contributed by atoms with Crippen LogP contribution >= 0.6 is 22.9 Å². The topological polar surface area (TPSA) is 77.4 Å². The number of hydrogen-bond donors (Lipinski definition) is 1. The van der Waals surface area contributed by atoms with Gasteiger partial charge in [-0.2, -0.15) is 0 Å². The molecule has 1 aliphatic heterocycles. The van der Waals surface area contributed by atoms with Crippen LogP contribution in [0, 0.1) is 6.92 Å². The van der Waals surface area contributed by atoms with Crippen LogP contribution in [0.5, 0.6) is 5.75 Å². The van der Waals surface area contributed by atoms with Crippen molar-refractivity contribution in [2.45, 2.75) is 50.3 Å². The van der Waals surface area contributed by atoms with Gasteiger partial charge in [0, 0.05) is 17.0 Å². The van der Waals surface area contributed by atoms with E-state index in [1.165, 1.54) is 0 Å². The van der Waals surface area contributed by atoms with Crippen LogP contribution in [0.2, 0.25) is 5.02 Å². The summed E-state index contributed by atoms with van der Waals surface area (Å²) in [5.74, 6) is 0.687. The number of thiazole rings is 1. The molecule has 0 bridgehead atoms. The molecule has 2 heterocycles. The van der Waals surface area contributed by atoms with Crippen molar-refractivity contribution in [3.05, 3.63) is 92.0 Å². The van der Waals surface area contributed by atoms with Crippen LogP contribution in [0.4, 0.5) is 0 Å². The minimum atomic E-state index is -3.85. The van der Waals surface area contributed by atoms with Gasteiger partial charge in [-0.05, 0) is 62.7 Å². The number of hydrogen-bond acceptors (Lipinski definition) is 5. The molecule has 4 aromatic rings. The summed E-state index contributed by atoms with van der Waals surface area (Å²) in [6.45, 7) is 6.25. The Morgan fingerprint density at radius 2 is 1.86 bits per heavy atom. The Kier molecular flexibility index (Phi) is 6.04. The molecule has 1 N–H and O–H groups in total. The van der Waals surface area contributed by atoms with E-state index in [1.807, 2.05) is 51.1 Å². The lowest BCUT2D eigenvalue weighted by molar-refractivity contribution is 0.0701. The molecule has 5 rings (SSSR count). The Morgan fingerprint density at radius 1 is 1.11 bits per heavy atom. The summed E-state index contributed by atoms with van der Waals surface area (Å²) in [5, 5.41) is 0.629. The van der Waals surface area contributed by atoms with Gasteiger partial charge < -0.3 is 4.74 Å². The molecule has 0 fully saturated rings. The fraction of sp³-hybridized carbons (Fsp3) is 0.269.